The fourth-order valence-corrected chi connectivity index (χ4v) is 1.73. The van der Waals surface area contributed by atoms with Gasteiger partial charge in [0.2, 0.25) is 0 Å². The van der Waals surface area contributed by atoms with Crippen molar-refractivity contribution in [2.45, 2.75) is 13.3 Å². The van der Waals surface area contributed by atoms with Gasteiger partial charge in [0, 0.05) is 5.56 Å². The van der Waals surface area contributed by atoms with Crippen molar-refractivity contribution in [2.24, 2.45) is 0 Å². The molecule has 2 N–H and O–H groups in total. The van der Waals surface area contributed by atoms with Crippen LogP contribution in [0.3, 0.4) is 0 Å². The Morgan fingerprint density at radius 1 is 1.28 bits per heavy atom. The minimum Gasteiger partial charge on any atom is -0.506 e. The van der Waals surface area contributed by atoms with Crippen molar-refractivity contribution in [3.63, 3.8) is 0 Å². The Morgan fingerprint density at radius 2 is 2.06 bits per heavy atom. The minimum absolute atomic E-state index is 0.00902. The van der Waals surface area contributed by atoms with Gasteiger partial charge < -0.3 is 10.2 Å². The molecule has 1 aromatic heterocycles. The molecule has 2 aromatic rings. The van der Waals surface area contributed by atoms with E-state index in [9.17, 15) is 9.90 Å². The third-order valence-electron chi connectivity index (χ3n) is 2.64. The summed E-state index contributed by atoms with van der Waals surface area (Å²) in [5.74, 6) is -0.706. The lowest BCUT2D eigenvalue weighted by Crippen LogP contribution is -2.00. The van der Waals surface area contributed by atoms with Gasteiger partial charge in [0.15, 0.2) is 0 Å². The summed E-state index contributed by atoms with van der Waals surface area (Å²) >= 11 is 0. The highest BCUT2D eigenvalue weighted by Crippen LogP contribution is 2.22. The van der Waals surface area contributed by atoms with E-state index >= 15 is 0 Å². The number of hydrogen-bond acceptors (Lipinski definition) is 3. The van der Waals surface area contributed by atoms with Crippen LogP contribution >= 0.6 is 0 Å². The average Bonchev–Trinajstić information content (AvgIpc) is 2.32. The molecule has 0 spiro atoms. The summed E-state index contributed by atoms with van der Waals surface area (Å²) in [6, 6.07) is 10.5. The summed E-state index contributed by atoms with van der Waals surface area (Å²) in [4.78, 5) is 14.9. The van der Waals surface area contributed by atoms with Gasteiger partial charge in [0.1, 0.15) is 5.75 Å². The highest BCUT2D eigenvalue weighted by atomic mass is 16.4. The fourth-order valence-electron chi connectivity index (χ4n) is 1.73. The molecule has 0 bridgehead atoms. The smallest absolute Gasteiger partial charge is 0.307 e. The van der Waals surface area contributed by atoms with Crippen molar-refractivity contribution in [1.82, 2.24) is 4.98 Å². The monoisotopic (exact) mass is 243 g/mol. The van der Waals surface area contributed by atoms with Crippen LogP contribution in [0.15, 0.2) is 36.4 Å². The molecule has 0 aliphatic heterocycles. The number of nitrogens with zero attached hydrogens (tertiary/aromatic N) is 1. The minimum atomic E-state index is -0.859. The summed E-state index contributed by atoms with van der Waals surface area (Å²) < 4.78 is 0. The maximum Gasteiger partial charge on any atom is 0.307 e. The number of pyridine rings is 1. The molecule has 4 nitrogen and oxygen atoms in total. The summed E-state index contributed by atoms with van der Waals surface area (Å²) in [6.07, 6.45) is -0.00902. The molecular weight excluding hydrogens is 230 g/mol. The van der Waals surface area contributed by atoms with E-state index in [0.717, 1.165) is 16.8 Å². The lowest BCUT2D eigenvalue weighted by atomic mass is 10.1. The average molecular weight is 243 g/mol. The van der Waals surface area contributed by atoms with Crippen molar-refractivity contribution in [2.75, 3.05) is 0 Å². The first-order valence-electron chi connectivity index (χ1n) is 5.54. The highest BCUT2D eigenvalue weighted by molar-refractivity contribution is 5.71. The van der Waals surface area contributed by atoms with Crippen LogP contribution in [-0.2, 0) is 11.2 Å². The maximum atomic E-state index is 10.7. The molecule has 1 aromatic carbocycles. The number of rotatable bonds is 3. The Kier molecular flexibility index (Phi) is 3.28. The number of carboxylic acid groups (broad SMARTS) is 1. The largest absolute Gasteiger partial charge is 0.506 e. The van der Waals surface area contributed by atoms with E-state index in [1.807, 2.05) is 6.07 Å². The Bertz CT molecular complexity index is 593. The molecule has 92 valence electrons. The first-order chi connectivity index (χ1) is 8.56. The number of aromatic nitrogens is 1. The van der Waals surface area contributed by atoms with Crippen LogP contribution in [0.2, 0.25) is 0 Å². The first-order valence-corrected chi connectivity index (χ1v) is 5.54. The molecule has 0 atom stereocenters. The number of aryl methyl sites for hydroxylation is 1. The Morgan fingerprint density at radius 3 is 2.72 bits per heavy atom. The molecule has 0 saturated heterocycles. The Balaban J connectivity index is 2.38. The molecule has 0 fully saturated rings. The van der Waals surface area contributed by atoms with Gasteiger partial charge in [-0.3, -0.25) is 4.79 Å². The summed E-state index contributed by atoms with van der Waals surface area (Å²) in [5, 5.41) is 18.2. The van der Waals surface area contributed by atoms with E-state index in [2.05, 4.69) is 4.98 Å². The predicted octanol–water partition coefficient (Wildman–Crippen LogP) is 2.39. The molecule has 0 saturated carbocycles. The van der Waals surface area contributed by atoms with Crippen LogP contribution in [0.1, 0.15) is 11.3 Å². The van der Waals surface area contributed by atoms with Gasteiger partial charge in [0.25, 0.3) is 0 Å². The molecule has 0 amide bonds. The maximum absolute atomic E-state index is 10.7. The van der Waals surface area contributed by atoms with E-state index < -0.39 is 5.97 Å². The standard InChI is InChI=1S/C14H13NO3/c1-9-13(16)6-5-12(15-9)11-4-2-3-10(7-11)8-14(17)18/h2-7,16H,8H2,1H3,(H,17,18). The Labute approximate surface area is 105 Å². The van der Waals surface area contributed by atoms with Crippen molar-refractivity contribution in [1.29, 1.82) is 0 Å². The third kappa shape index (κ3) is 2.66. The number of aliphatic carboxylic acids is 1. The topological polar surface area (TPSA) is 70.4 Å². The number of carboxylic acids is 1. The zero-order valence-electron chi connectivity index (χ0n) is 9.92. The zero-order chi connectivity index (χ0) is 13.1. The van der Waals surface area contributed by atoms with E-state index in [-0.39, 0.29) is 12.2 Å². The van der Waals surface area contributed by atoms with Crippen molar-refractivity contribution < 1.29 is 15.0 Å². The quantitative estimate of drug-likeness (QED) is 0.868. The van der Waals surface area contributed by atoms with Crippen LogP contribution < -0.4 is 0 Å². The lowest BCUT2D eigenvalue weighted by molar-refractivity contribution is -0.136. The van der Waals surface area contributed by atoms with E-state index in [0.29, 0.717) is 5.69 Å². The van der Waals surface area contributed by atoms with Crippen LogP contribution in [0.4, 0.5) is 0 Å². The fraction of sp³-hybridized carbons (Fsp3) is 0.143. The number of carbonyl (C=O) groups is 1. The van der Waals surface area contributed by atoms with Gasteiger partial charge in [-0.05, 0) is 30.7 Å². The third-order valence-corrected chi connectivity index (χ3v) is 2.64. The second-order valence-electron chi connectivity index (χ2n) is 4.07. The number of benzene rings is 1. The molecule has 4 heteroatoms. The Hall–Kier alpha value is -2.36. The SMILES string of the molecule is Cc1nc(-c2cccc(CC(=O)O)c2)ccc1O. The van der Waals surface area contributed by atoms with Gasteiger partial charge in [-0.1, -0.05) is 18.2 Å². The molecule has 2 rings (SSSR count). The van der Waals surface area contributed by atoms with Gasteiger partial charge in [-0.25, -0.2) is 4.98 Å². The molecular formula is C14H13NO3. The molecule has 1 heterocycles. The second-order valence-corrected chi connectivity index (χ2v) is 4.07. The highest BCUT2D eigenvalue weighted by Gasteiger charge is 2.05. The van der Waals surface area contributed by atoms with Gasteiger partial charge in [0.05, 0.1) is 17.8 Å². The van der Waals surface area contributed by atoms with Gasteiger partial charge in [-0.15, -0.1) is 0 Å². The number of hydrogen-bond donors (Lipinski definition) is 2. The second kappa shape index (κ2) is 4.87. The van der Waals surface area contributed by atoms with Gasteiger partial charge in [-0.2, -0.15) is 0 Å². The molecule has 0 radical (unpaired) electrons. The van der Waals surface area contributed by atoms with E-state index in [1.54, 1.807) is 37.3 Å². The first kappa shape index (κ1) is 12.1. The van der Waals surface area contributed by atoms with Crippen molar-refractivity contribution in [3.8, 4) is 17.0 Å². The molecule has 0 aliphatic carbocycles. The molecule has 0 unspecified atom stereocenters. The van der Waals surface area contributed by atoms with Crippen molar-refractivity contribution in [3.05, 3.63) is 47.7 Å². The van der Waals surface area contributed by atoms with Crippen LogP contribution in [0.5, 0.6) is 5.75 Å². The normalized spacial score (nSPS) is 10.3. The van der Waals surface area contributed by atoms with E-state index in [1.165, 1.54) is 0 Å². The van der Waals surface area contributed by atoms with Crippen LogP contribution in [-0.4, -0.2) is 21.2 Å². The predicted molar refractivity (Wildman–Crippen MR) is 67.4 cm³/mol. The summed E-state index contributed by atoms with van der Waals surface area (Å²) in [7, 11) is 0. The van der Waals surface area contributed by atoms with E-state index in [4.69, 9.17) is 5.11 Å². The lowest BCUT2D eigenvalue weighted by Gasteiger charge is -2.05. The van der Waals surface area contributed by atoms with Crippen LogP contribution in [0.25, 0.3) is 11.3 Å². The molecule has 0 aliphatic rings. The van der Waals surface area contributed by atoms with Crippen LogP contribution in [0, 0.1) is 6.92 Å². The molecule has 18 heavy (non-hydrogen) atoms. The number of aromatic hydroxyl groups is 1. The summed E-state index contributed by atoms with van der Waals surface area (Å²) in [6.45, 7) is 1.72. The summed E-state index contributed by atoms with van der Waals surface area (Å²) in [5.41, 5.74) is 2.85. The van der Waals surface area contributed by atoms with Crippen molar-refractivity contribution >= 4 is 5.97 Å². The van der Waals surface area contributed by atoms with Gasteiger partial charge >= 0.3 is 5.97 Å². The zero-order valence-corrected chi connectivity index (χ0v) is 9.92.